The van der Waals surface area contributed by atoms with E-state index in [2.05, 4.69) is 0 Å². The second-order valence-corrected chi connectivity index (χ2v) is 8.76. The first-order valence-electron chi connectivity index (χ1n) is 8.71. The maximum atomic E-state index is 12.1. The molecule has 1 spiro atoms. The number of quaternary nitrogens is 2. The average Bonchev–Trinajstić information content (AvgIpc) is 2.46. The number of nitro groups is 2. The van der Waals surface area contributed by atoms with Crippen LogP contribution in [0.4, 0.5) is 0 Å². The Kier molecular flexibility index (Phi) is 2.80. The number of hydrogen-bond donors (Lipinski definition) is 2. The predicted octanol–water partition coefficient (Wildman–Crippen LogP) is -1.49. The molecule has 4 saturated heterocycles. The maximum absolute atomic E-state index is 12.1. The van der Waals surface area contributed by atoms with Gasteiger partial charge in [-0.1, -0.05) is 6.42 Å². The first-order valence-corrected chi connectivity index (χ1v) is 8.71. The Morgan fingerprint density at radius 1 is 0.783 bits per heavy atom. The van der Waals surface area contributed by atoms with Crippen molar-refractivity contribution in [3.63, 3.8) is 0 Å². The molecule has 4 aliphatic heterocycles. The van der Waals surface area contributed by atoms with Gasteiger partial charge in [-0.25, -0.2) is 0 Å². The van der Waals surface area contributed by atoms with Gasteiger partial charge in [-0.2, -0.15) is 0 Å². The first-order chi connectivity index (χ1) is 10.7. The van der Waals surface area contributed by atoms with Crippen molar-refractivity contribution in [1.82, 2.24) is 0 Å². The zero-order valence-corrected chi connectivity index (χ0v) is 13.9. The zero-order chi connectivity index (χ0) is 16.7. The molecule has 0 unspecified atom stereocenters. The van der Waals surface area contributed by atoms with Crippen LogP contribution in [0, 0.1) is 25.6 Å². The number of hydrogen-bond acceptors (Lipinski definition) is 4. The molecule has 0 atom stereocenters. The second kappa shape index (κ2) is 4.22. The number of nitrogens with zero attached hydrogens (tertiary/aromatic N) is 2. The second-order valence-electron chi connectivity index (χ2n) is 8.76. The summed E-state index contributed by atoms with van der Waals surface area (Å²) in [6.45, 7) is 5.34. The van der Waals surface area contributed by atoms with Crippen LogP contribution in [0.1, 0.15) is 46.0 Å². The molecule has 4 heterocycles. The fourth-order valence-corrected chi connectivity index (χ4v) is 6.48. The van der Waals surface area contributed by atoms with Crippen LogP contribution < -0.4 is 9.80 Å². The molecule has 128 valence electrons. The molecule has 0 amide bonds. The van der Waals surface area contributed by atoms with Gasteiger partial charge in [-0.3, -0.25) is 30.0 Å². The molecule has 5 fully saturated rings. The van der Waals surface area contributed by atoms with Gasteiger partial charge in [-0.05, 0) is 26.7 Å². The SMILES string of the molecule is CC1(C)C2([N+](=O)[O-])C[NH+]3CC1([N+](=O)[O-])C[NH+](C2)C31CCCCC1. The summed E-state index contributed by atoms with van der Waals surface area (Å²) in [5.41, 5.74) is -3.28. The Hall–Kier alpha value is -1.28. The van der Waals surface area contributed by atoms with Crippen molar-refractivity contribution in [3.05, 3.63) is 20.2 Å². The molecule has 0 aromatic rings. The van der Waals surface area contributed by atoms with Crippen molar-refractivity contribution >= 4 is 0 Å². The number of nitrogens with one attached hydrogen (secondary N) is 2. The van der Waals surface area contributed by atoms with Gasteiger partial charge in [0.05, 0.1) is 12.8 Å². The van der Waals surface area contributed by atoms with E-state index in [0.717, 1.165) is 35.5 Å². The van der Waals surface area contributed by atoms with E-state index in [9.17, 15) is 20.2 Å². The highest BCUT2D eigenvalue weighted by Crippen LogP contribution is 2.49. The number of piperidine rings is 2. The lowest BCUT2D eigenvalue weighted by Crippen LogP contribution is -3.51. The Morgan fingerprint density at radius 3 is 1.52 bits per heavy atom. The van der Waals surface area contributed by atoms with E-state index in [4.69, 9.17) is 0 Å². The van der Waals surface area contributed by atoms with Crippen LogP contribution in [0.5, 0.6) is 0 Å². The topological polar surface area (TPSA) is 95.2 Å². The molecule has 5 aliphatic rings. The van der Waals surface area contributed by atoms with Crippen molar-refractivity contribution in [2.75, 3.05) is 26.2 Å². The Morgan fingerprint density at radius 2 is 1.17 bits per heavy atom. The molecule has 0 radical (unpaired) electrons. The lowest BCUT2D eigenvalue weighted by atomic mass is 9.52. The molecule has 23 heavy (non-hydrogen) atoms. The highest BCUT2D eigenvalue weighted by atomic mass is 16.6. The maximum Gasteiger partial charge on any atom is 0.329 e. The minimum absolute atomic E-state index is 0.00618. The molecule has 8 nitrogen and oxygen atoms in total. The fourth-order valence-electron chi connectivity index (χ4n) is 6.48. The van der Waals surface area contributed by atoms with Crippen LogP contribution in [0.25, 0.3) is 0 Å². The summed E-state index contributed by atoms with van der Waals surface area (Å²) in [7, 11) is 0. The van der Waals surface area contributed by atoms with Crippen LogP contribution in [0.15, 0.2) is 0 Å². The molecule has 1 saturated carbocycles. The van der Waals surface area contributed by atoms with E-state index >= 15 is 0 Å². The third kappa shape index (κ3) is 1.45. The number of rotatable bonds is 2. The highest BCUT2D eigenvalue weighted by Gasteiger charge is 2.89. The Balaban J connectivity index is 1.87. The van der Waals surface area contributed by atoms with Crippen molar-refractivity contribution in [2.45, 2.75) is 62.7 Å². The van der Waals surface area contributed by atoms with Crippen LogP contribution in [-0.2, 0) is 0 Å². The first kappa shape index (κ1) is 15.3. The van der Waals surface area contributed by atoms with Crippen molar-refractivity contribution in [1.29, 1.82) is 0 Å². The third-order valence-corrected chi connectivity index (χ3v) is 8.11. The molecular formula is C15H26N4O4+2. The monoisotopic (exact) mass is 326 g/mol. The van der Waals surface area contributed by atoms with Gasteiger partial charge in [0.1, 0.15) is 5.41 Å². The third-order valence-electron chi connectivity index (χ3n) is 8.11. The van der Waals surface area contributed by atoms with Gasteiger partial charge in [0.2, 0.25) is 5.66 Å². The quantitative estimate of drug-likeness (QED) is 0.478. The van der Waals surface area contributed by atoms with E-state index < -0.39 is 16.5 Å². The largest absolute Gasteiger partial charge is 0.329 e. The van der Waals surface area contributed by atoms with Crippen LogP contribution in [0.2, 0.25) is 0 Å². The molecular weight excluding hydrogens is 300 g/mol. The summed E-state index contributed by atoms with van der Waals surface area (Å²) in [5.74, 6) is 0. The van der Waals surface area contributed by atoms with Crippen molar-refractivity contribution < 1.29 is 19.6 Å². The van der Waals surface area contributed by atoms with Crippen molar-refractivity contribution in [2.24, 2.45) is 5.41 Å². The Bertz CT molecular complexity index is 530. The average molecular weight is 326 g/mol. The molecule has 1 aliphatic carbocycles. The summed E-state index contributed by atoms with van der Waals surface area (Å²) in [6.07, 6.45) is 5.62. The summed E-state index contributed by atoms with van der Waals surface area (Å²) in [6, 6.07) is 0. The summed E-state index contributed by atoms with van der Waals surface area (Å²) in [4.78, 5) is 26.0. The lowest BCUT2D eigenvalue weighted by molar-refractivity contribution is -1.22. The zero-order valence-electron chi connectivity index (χ0n) is 13.9. The summed E-state index contributed by atoms with van der Waals surface area (Å²) >= 11 is 0. The highest BCUT2D eigenvalue weighted by molar-refractivity contribution is 5.13. The lowest BCUT2D eigenvalue weighted by Gasteiger charge is -2.65. The molecule has 2 N–H and O–H groups in total. The van der Waals surface area contributed by atoms with Gasteiger partial charge >= 0.3 is 11.1 Å². The molecule has 0 aromatic carbocycles. The van der Waals surface area contributed by atoms with Crippen LogP contribution >= 0.6 is 0 Å². The molecule has 0 aromatic heterocycles. The van der Waals surface area contributed by atoms with Gasteiger partial charge in [-0.15, -0.1) is 0 Å². The van der Waals surface area contributed by atoms with Gasteiger partial charge in [0.15, 0.2) is 26.2 Å². The Labute approximate surface area is 135 Å². The van der Waals surface area contributed by atoms with Crippen molar-refractivity contribution in [3.8, 4) is 0 Å². The fraction of sp³-hybridized carbons (Fsp3) is 1.00. The molecule has 8 heteroatoms. The van der Waals surface area contributed by atoms with Gasteiger partial charge in [0, 0.05) is 9.85 Å². The molecule has 5 rings (SSSR count). The normalized spacial score (nSPS) is 46.0. The molecule has 4 bridgehead atoms. The van der Waals surface area contributed by atoms with E-state index in [1.54, 1.807) is 13.8 Å². The predicted molar refractivity (Wildman–Crippen MR) is 80.4 cm³/mol. The van der Waals surface area contributed by atoms with E-state index in [1.165, 1.54) is 6.42 Å². The van der Waals surface area contributed by atoms with Crippen LogP contribution in [-0.4, -0.2) is 52.8 Å². The van der Waals surface area contributed by atoms with E-state index in [1.807, 2.05) is 0 Å². The standard InChI is InChI=1S/C15H24N4O4/c1-12(2)13(18(20)21)8-16-10-14(12,19(22)23)11-17(9-13)15(16)6-4-3-5-7-15/h3-11H2,1-2H3/p+2. The minimum atomic E-state index is -1.18. The van der Waals surface area contributed by atoms with Crippen LogP contribution in [0.3, 0.4) is 0 Å². The van der Waals surface area contributed by atoms with E-state index in [0.29, 0.717) is 26.2 Å². The summed E-state index contributed by atoms with van der Waals surface area (Å²) < 4.78 is 0. The van der Waals surface area contributed by atoms with E-state index in [-0.39, 0.29) is 15.5 Å². The minimum Gasteiger partial charge on any atom is -0.271 e. The van der Waals surface area contributed by atoms with Gasteiger partial charge in [0.25, 0.3) is 0 Å². The van der Waals surface area contributed by atoms with Gasteiger partial charge < -0.3 is 0 Å². The summed E-state index contributed by atoms with van der Waals surface area (Å²) in [5, 5.41) is 24.1. The smallest absolute Gasteiger partial charge is 0.271 e.